The zero-order valence-corrected chi connectivity index (χ0v) is 32.9. The van der Waals surface area contributed by atoms with Crippen LogP contribution in [0.1, 0.15) is 173 Å². The quantitative estimate of drug-likeness (QED) is 0.197. The van der Waals surface area contributed by atoms with Gasteiger partial charge in [-0.15, -0.1) is 0 Å². The van der Waals surface area contributed by atoms with Crippen LogP contribution >= 0.6 is 0 Å². The lowest BCUT2D eigenvalue weighted by molar-refractivity contribution is 0.0598. The van der Waals surface area contributed by atoms with Crippen LogP contribution in [-0.4, -0.2) is 44.1 Å². The second-order valence-corrected chi connectivity index (χ2v) is 18.6. The molecule has 4 aromatic rings. The summed E-state index contributed by atoms with van der Waals surface area (Å²) in [6.07, 6.45) is 15.0. The van der Waals surface area contributed by atoms with Gasteiger partial charge in [0.1, 0.15) is 11.6 Å². The predicted octanol–water partition coefficient (Wildman–Crippen LogP) is 9.30. The number of fused-ring (bicyclic) bond motifs is 2. The molecule has 8 nitrogen and oxygen atoms in total. The average molecular weight is 715 g/mol. The highest BCUT2D eigenvalue weighted by molar-refractivity contribution is 5.88. The third-order valence-electron chi connectivity index (χ3n) is 13.1. The van der Waals surface area contributed by atoms with E-state index in [-0.39, 0.29) is 38.1 Å². The normalized spacial score (nSPS) is 21.5. The molecule has 1 N–H and O–H groups in total. The smallest absolute Gasteiger partial charge is 0.341 e. The van der Waals surface area contributed by atoms with Crippen LogP contribution in [0.15, 0.2) is 61.2 Å². The highest BCUT2D eigenvalue weighted by Gasteiger charge is 2.51. The number of carbonyl (C=O) groups excluding carboxylic acids is 1. The van der Waals surface area contributed by atoms with Crippen LogP contribution in [0.4, 0.5) is 0 Å². The number of ether oxygens (including phenoxy) is 1. The molecule has 2 aromatic heterocycles. The van der Waals surface area contributed by atoms with Crippen molar-refractivity contribution in [2.75, 3.05) is 7.11 Å². The molecule has 8 rings (SSSR count). The zero-order chi connectivity index (χ0) is 38.2. The van der Waals surface area contributed by atoms with E-state index in [0.717, 1.165) is 37.3 Å². The number of carbonyl (C=O) groups is 2. The van der Waals surface area contributed by atoms with Crippen LogP contribution in [0.3, 0.4) is 0 Å². The number of carboxylic acids is 1. The van der Waals surface area contributed by atoms with Crippen molar-refractivity contribution < 1.29 is 19.4 Å². The largest absolute Gasteiger partial charge is 0.478 e. The molecular weight excluding hydrogens is 661 g/mol. The maximum absolute atomic E-state index is 11.7. The zero-order valence-electron chi connectivity index (χ0n) is 32.9. The number of nitrogens with zero attached hydrogens (tertiary/aromatic N) is 4. The lowest BCUT2D eigenvalue weighted by Gasteiger charge is -2.42. The summed E-state index contributed by atoms with van der Waals surface area (Å²) in [6, 6.07) is 13.9. The summed E-state index contributed by atoms with van der Waals surface area (Å²) in [5.74, 6) is 0.168. The van der Waals surface area contributed by atoms with Crippen LogP contribution in [0, 0.1) is 0 Å². The Morgan fingerprint density at radius 2 is 0.868 bits per heavy atom. The number of esters is 1. The van der Waals surface area contributed by atoms with E-state index in [0.29, 0.717) is 5.56 Å². The first-order valence-electron chi connectivity index (χ1n) is 19.1. The molecule has 8 heteroatoms. The minimum Gasteiger partial charge on any atom is -0.478 e. The van der Waals surface area contributed by atoms with Crippen molar-refractivity contribution in [3.05, 3.63) is 117 Å². The van der Waals surface area contributed by atoms with Gasteiger partial charge in [0.25, 0.3) is 0 Å². The van der Waals surface area contributed by atoms with Crippen molar-refractivity contribution >= 4 is 11.9 Å². The van der Waals surface area contributed by atoms with Crippen LogP contribution in [-0.2, 0) is 37.2 Å². The number of hydrogen-bond donors (Lipinski definition) is 1. The Hall–Kier alpha value is -4.46. The first kappa shape index (κ1) is 36.9. The van der Waals surface area contributed by atoms with Crippen LogP contribution < -0.4 is 0 Å². The summed E-state index contributed by atoms with van der Waals surface area (Å²) in [5.41, 5.74) is 9.47. The fourth-order valence-electron chi connectivity index (χ4n) is 8.79. The van der Waals surface area contributed by atoms with Gasteiger partial charge in [-0.2, -0.15) is 0 Å². The lowest BCUT2D eigenvalue weighted by atomic mass is 9.62. The highest BCUT2D eigenvalue weighted by Crippen LogP contribution is 2.56. The molecule has 2 saturated carbocycles. The fraction of sp³-hybridized carbons (Fsp3) is 0.511. The number of hydrogen-bond acceptors (Lipinski definition) is 7. The van der Waals surface area contributed by atoms with Gasteiger partial charge in [0.15, 0.2) is 0 Å². The Morgan fingerprint density at radius 3 is 1.19 bits per heavy atom. The fourth-order valence-corrected chi connectivity index (χ4v) is 8.79. The van der Waals surface area contributed by atoms with Gasteiger partial charge in [0.2, 0.25) is 0 Å². The first-order chi connectivity index (χ1) is 24.9. The Bertz CT molecular complexity index is 2070. The van der Waals surface area contributed by atoms with E-state index in [1.165, 1.54) is 78.6 Å². The Labute approximate surface area is 314 Å². The monoisotopic (exact) mass is 714 g/mol. The standard InChI is InChI=1S/C23H28N2O2.C22H26N2O2/c1-21(2)8-9-22(3,4)18-12-16(6-7-17(18)21)23(10-11-23)20-24-13-15(14-25-20)19(26)27-5;1-20(2)7-8-21(3,4)17-11-15(5-6-16(17)20)22(9-10-22)19-23-12-14(13-24-19)18(25)26/h6-7,12-14H,8-11H2,1-5H3;5-6,11-13H,7-10H2,1-4H3,(H,25,26). The molecule has 0 saturated heterocycles. The number of benzene rings is 2. The van der Waals surface area contributed by atoms with Gasteiger partial charge in [-0.05, 0) is 106 Å². The Balaban J connectivity index is 0.000000164. The molecule has 0 unspecified atom stereocenters. The Morgan fingerprint density at radius 1 is 0.528 bits per heavy atom. The number of aromatic nitrogens is 4. The highest BCUT2D eigenvalue weighted by atomic mass is 16.5. The maximum atomic E-state index is 11.7. The van der Waals surface area contributed by atoms with E-state index < -0.39 is 11.9 Å². The van der Waals surface area contributed by atoms with Crippen LogP contribution in [0.2, 0.25) is 0 Å². The summed E-state index contributed by atoms with van der Waals surface area (Å²) in [5, 5.41) is 9.07. The molecule has 0 spiro atoms. The molecule has 2 heterocycles. The SMILES string of the molecule is CC1(C)CCC(C)(C)c2cc(C3(c4ncc(C(=O)O)cn4)CC3)ccc21.COC(=O)c1cnc(C2(c3ccc4c(c3)C(C)(C)CCC4(C)C)CC2)nc1. The predicted molar refractivity (Wildman–Crippen MR) is 206 cm³/mol. The summed E-state index contributed by atoms with van der Waals surface area (Å²) in [4.78, 5) is 40.5. The van der Waals surface area contributed by atoms with E-state index in [2.05, 4.69) is 112 Å². The Kier molecular flexibility index (Phi) is 8.74. The molecule has 4 aliphatic carbocycles. The van der Waals surface area contributed by atoms with Crippen molar-refractivity contribution in [1.29, 1.82) is 0 Å². The first-order valence-corrected chi connectivity index (χ1v) is 19.1. The van der Waals surface area contributed by atoms with Crippen LogP contribution in [0.5, 0.6) is 0 Å². The molecule has 278 valence electrons. The maximum Gasteiger partial charge on any atom is 0.341 e. The molecular formula is C45H54N4O4. The topological polar surface area (TPSA) is 115 Å². The summed E-state index contributed by atoms with van der Waals surface area (Å²) in [7, 11) is 1.37. The van der Waals surface area contributed by atoms with Crippen molar-refractivity contribution in [1.82, 2.24) is 19.9 Å². The molecule has 0 aliphatic heterocycles. The third-order valence-corrected chi connectivity index (χ3v) is 13.1. The van der Waals surface area contributed by atoms with E-state index in [1.54, 1.807) is 12.4 Å². The van der Waals surface area contributed by atoms with Gasteiger partial charge in [-0.3, -0.25) is 0 Å². The average Bonchev–Trinajstić information content (AvgIpc) is 4.08. The summed E-state index contributed by atoms with van der Waals surface area (Å²) < 4.78 is 4.75. The molecule has 4 aliphatic rings. The molecule has 0 radical (unpaired) electrons. The second kappa shape index (κ2) is 12.6. The lowest BCUT2D eigenvalue weighted by Crippen LogP contribution is -2.34. The van der Waals surface area contributed by atoms with Crippen molar-refractivity contribution in [3.63, 3.8) is 0 Å². The molecule has 53 heavy (non-hydrogen) atoms. The number of rotatable bonds is 6. The second-order valence-electron chi connectivity index (χ2n) is 18.6. The van der Waals surface area contributed by atoms with Gasteiger partial charge < -0.3 is 9.84 Å². The van der Waals surface area contributed by atoms with Crippen LogP contribution in [0.25, 0.3) is 0 Å². The third kappa shape index (κ3) is 6.46. The van der Waals surface area contributed by atoms with Gasteiger partial charge in [-0.25, -0.2) is 29.5 Å². The van der Waals surface area contributed by atoms with Gasteiger partial charge >= 0.3 is 11.9 Å². The molecule has 0 atom stereocenters. The van der Waals surface area contributed by atoms with Crippen molar-refractivity contribution in [2.45, 2.75) is 139 Å². The number of carboxylic acid groups (broad SMARTS) is 1. The molecule has 0 bridgehead atoms. The summed E-state index contributed by atoms with van der Waals surface area (Å²) >= 11 is 0. The van der Waals surface area contributed by atoms with E-state index >= 15 is 0 Å². The van der Waals surface area contributed by atoms with Gasteiger partial charge in [0, 0.05) is 24.8 Å². The van der Waals surface area contributed by atoms with Gasteiger partial charge in [-0.1, -0.05) is 91.8 Å². The molecule has 0 amide bonds. The van der Waals surface area contributed by atoms with Gasteiger partial charge in [0.05, 0.1) is 29.1 Å². The van der Waals surface area contributed by atoms with E-state index in [9.17, 15) is 9.59 Å². The summed E-state index contributed by atoms with van der Waals surface area (Å²) in [6.45, 7) is 18.7. The minimum absolute atomic E-state index is 0.110. The number of methoxy groups -OCH3 is 1. The van der Waals surface area contributed by atoms with E-state index in [1.807, 2.05) is 0 Å². The molecule has 2 fully saturated rings. The van der Waals surface area contributed by atoms with Crippen molar-refractivity contribution in [3.8, 4) is 0 Å². The molecule has 2 aromatic carbocycles. The van der Waals surface area contributed by atoms with Crippen molar-refractivity contribution in [2.24, 2.45) is 0 Å². The minimum atomic E-state index is -0.987. The number of aromatic carboxylic acids is 1. The van der Waals surface area contributed by atoms with E-state index in [4.69, 9.17) is 9.84 Å².